The Hall–Kier alpha value is -2.20. The van der Waals surface area contributed by atoms with E-state index in [4.69, 9.17) is 0 Å². The van der Waals surface area contributed by atoms with E-state index in [0.717, 1.165) is 6.42 Å². The maximum atomic E-state index is 12.6. The van der Waals surface area contributed by atoms with Crippen molar-refractivity contribution >= 4 is 23.7 Å². The summed E-state index contributed by atoms with van der Waals surface area (Å²) in [5.74, 6) is -3.14. The zero-order valence-corrected chi connectivity index (χ0v) is 17.5. The molecule has 0 aromatic rings. The molecule has 4 unspecified atom stereocenters. The molecule has 166 valence electrons. The number of carbonyl (C=O) groups excluding carboxylic acids is 3. The molecule has 1 fully saturated rings. The van der Waals surface area contributed by atoms with Gasteiger partial charge in [-0.1, -0.05) is 27.7 Å². The van der Waals surface area contributed by atoms with Crippen LogP contribution in [0, 0.1) is 11.8 Å². The number of nitrogens with one attached hydrogen (secondary N) is 4. The minimum atomic E-state index is -1.20. The van der Waals surface area contributed by atoms with Crippen LogP contribution in [0.4, 0.5) is 0 Å². The Kier molecular flexibility index (Phi) is 10.0. The van der Waals surface area contributed by atoms with E-state index >= 15 is 0 Å². The molecule has 10 heteroatoms. The predicted molar refractivity (Wildman–Crippen MR) is 106 cm³/mol. The van der Waals surface area contributed by atoms with Gasteiger partial charge in [0.05, 0.1) is 12.6 Å². The second-order valence-corrected chi connectivity index (χ2v) is 8.15. The molecule has 0 radical (unpaired) electrons. The lowest BCUT2D eigenvalue weighted by Gasteiger charge is -2.26. The summed E-state index contributed by atoms with van der Waals surface area (Å²) in [7, 11) is 0. The molecule has 3 amide bonds. The van der Waals surface area contributed by atoms with E-state index in [1.54, 1.807) is 13.8 Å². The van der Waals surface area contributed by atoms with Gasteiger partial charge in [0, 0.05) is 0 Å². The molecule has 1 heterocycles. The van der Waals surface area contributed by atoms with E-state index in [0.29, 0.717) is 13.0 Å². The van der Waals surface area contributed by atoms with Crippen LogP contribution in [0.5, 0.6) is 0 Å². The van der Waals surface area contributed by atoms with Gasteiger partial charge < -0.3 is 31.5 Å². The van der Waals surface area contributed by atoms with Crippen molar-refractivity contribution in [2.24, 2.45) is 11.8 Å². The number of hydrogen-bond donors (Lipinski definition) is 6. The Bertz CT molecular complexity index is 589. The summed E-state index contributed by atoms with van der Waals surface area (Å²) in [6.07, 6.45) is 1.75. The third-order valence-corrected chi connectivity index (χ3v) is 4.76. The van der Waals surface area contributed by atoms with Crippen LogP contribution in [0.1, 0.15) is 47.0 Å². The zero-order chi connectivity index (χ0) is 22.1. The minimum Gasteiger partial charge on any atom is -0.480 e. The molecule has 10 nitrogen and oxygen atoms in total. The first-order valence-corrected chi connectivity index (χ1v) is 10.0. The molecule has 1 rings (SSSR count). The fourth-order valence-electron chi connectivity index (χ4n) is 3.12. The molecule has 0 aromatic heterocycles. The molecule has 0 aliphatic carbocycles. The highest BCUT2D eigenvalue weighted by atomic mass is 16.4. The van der Waals surface area contributed by atoms with Crippen molar-refractivity contribution in [2.75, 3.05) is 13.2 Å². The number of carbonyl (C=O) groups is 4. The quantitative estimate of drug-likeness (QED) is 0.252. The summed E-state index contributed by atoms with van der Waals surface area (Å²) in [6.45, 7) is 7.19. The normalized spacial score (nSPS) is 19.5. The molecule has 0 saturated carbocycles. The van der Waals surface area contributed by atoms with Crippen molar-refractivity contribution in [3.05, 3.63) is 0 Å². The molecule has 0 spiro atoms. The van der Waals surface area contributed by atoms with Crippen LogP contribution in [-0.2, 0) is 19.2 Å². The Morgan fingerprint density at radius 2 is 1.66 bits per heavy atom. The lowest BCUT2D eigenvalue weighted by Crippen LogP contribution is -2.59. The van der Waals surface area contributed by atoms with Gasteiger partial charge in [-0.15, -0.1) is 0 Å². The standard InChI is InChI=1S/C19H34N4O6/c1-10(2)8-13(19(28)29)21-18(27)15(11(3)4)23-17(26)14(9-24)22-16(25)12-6-5-7-20-12/h10-15,20,24H,5-9H2,1-4H3,(H,21,27)(H,22,25)(H,23,26)(H,28,29). The Balaban J connectivity index is 2.76. The smallest absolute Gasteiger partial charge is 0.326 e. The van der Waals surface area contributed by atoms with Crippen LogP contribution in [0.3, 0.4) is 0 Å². The van der Waals surface area contributed by atoms with Crippen LogP contribution < -0.4 is 21.3 Å². The number of carboxylic acids is 1. The summed E-state index contributed by atoms with van der Waals surface area (Å²) in [5, 5.41) is 29.3. The number of aliphatic hydroxyl groups is 1. The molecule has 0 aromatic carbocycles. The number of carboxylic acid groups (broad SMARTS) is 1. The van der Waals surface area contributed by atoms with Gasteiger partial charge in [-0.25, -0.2) is 4.79 Å². The van der Waals surface area contributed by atoms with Crippen LogP contribution in [0.2, 0.25) is 0 Å². The second kappa shape index (κ2) is 11.7. The first kappa shape index (κ1) is 24.8. The van der Waals surface area contributed by atoms with Gasteiger partial charge in [-0.05, 0) is 37.6 Å². The van der Waals surface area contributed by atoms with Crippen molar-refractivity contribution < 1.29 is 29.4 Å². The zero-order valence-electron chi connectivity index (χ0n) is 17.5. The molecular weight excluding hydrogens is 380 g/mol. The van der Waals surface area contributed by atoms with Crippen molar-refractivity contribution in [3.8, 4) is 0 Å². The van der Waals surface area contributed by atoms with Crippen molar-refractivity contribution in [1.82, 2.24) is 21.3 Å². The first-order chi connectivity index (χ1) is 13.6. The number of aliphatic hydroxyl groups excluding tert-OH is 1. The lowest BCUT2D eigenvalue weighted by molar-refractivity contribution is -0.143. The molecule has 4 atom stereocenters. The SMILES string of the molecule is CC(C)CC(NC(=O)C(NC(=O)C(CO)NC(=O)C1CCCN1)C(C)C)C(=O)O. The summed E-state index contributed by atoms with van der Waals surface area (Å²) >= 11 is 0. The van der Waals surface area contributed by atoms with Gasteiger partial charge in [-0.2, -0.15) is 0 Å². The lowest BCUT2D eigenvalue weighted by atomic mass is 10.00. The third kappa shape index (κ3) is 7.98. The highest BCUT2D eigenvalue weighted by Gasteiger charge is 2.32. The highest BCUT2D eigenvalue weighted by molar-refractivity contribution is 5.94. The van der Waals surface area contributed by atoms with Gasteiger partial charge in [0.1, 0.15) is 18.1 Å². The number of aliphatic carboxylic acids is 1. The fraction of sp³-hybridized carbons (Fsp3) is 0.789. The van der Waals surface area contributed by atoms with E-state index < -0.39 is 48.6 Å². The van der Waals surface area contributed by atoms with Gasteiger partial charge in [0.15, 0.2) is 0 Å². The van der Waals surface area contributed by atoms with Crippen LogP contribution in [0.25, 0.3) is 0 Å². The maximum Gasteiger partial charge on any atom is 0.326 e. The molecule has 6 N–H and O–H groups in total. The Morgan fingerprint density at radius 3 is 2.10 bits per heavy atom. The molecule has 1 saturated heterocycles. The van der Waals surface area contributed by atoms with Gasteiger partial charge in [-0.3, -0.25) is 14.4 Å². The van der Waals surface area contributed by atoms with Gasteiger partial charge >= 0.3 is 5.97 Å². The van der Waals surface area contributed by atoms with E-state index in [1.165, 1.54) is 0 Å². The molecular formula is C19H34N4O6. The van der Waals surface area contributed by atoms with Gasteiger partial charge in [0.25, 0.3) is 0 Å². The van der Waals surface area contributed by atoms with Crippen LogP contribution >= 0.6 is 0 Å². The van der Waals surface area contributed by atoms with Gasteiger partial charge in [0.2, 0.25) is 17.7 Å². The van der Waals surface area contributed by atoms with E-state index in [2.05, 4.69) is 21.3 Å². The Morgan fingerprint density at radius 1 is 1.00 bits per heavy atom. The van der Waals surface area contributed by atoms with Crippen molar-refractivity contribution in [3.63, 3.8) is 0 Å². The van der Waals surface area contributed by atoms with Crippen LogP contribution in [0.15, 0.2) is 0 Å². The summed E-state index contributed by atoms with van der Waals surface area (Å²) < 4.78 is 0. The molecule has 0 bridgehead atoms. The molecule has 29 heavy (non-hydrogen) atoms. The second-order valence-electron chi connectivity index (χ2n) is 8.15. The van der Waals surface area contributed by atoms with Crippen molar-refractivity contribution in [2.45, 2.75) is 71.1 Å². The summed E-state index contributed by atoms with van der Waals surface area (Å²) in [5.41, 5.74) is 0. The summed E-state index contributed by atoms with van der Waals surface area (Å²) in [4.78, 5) is 48.7. The molecule has 1 aliphatic heterocycles. The fourth-order valence-corrected chi connectivity index (χ4v) is 3.12. The highest BCUT2D eigenvalue weighted by Crippen LogP contribution is 2.09. The van der Waals surface area contributed by atoms with Crippen molar-refractivity contribution in [1.29, 1.82) is 0 Å². The predicted octanol–water partition coefficient (Wildman–Crippen LogP) is -1.03. The monoisotopic (exact) mass is 414 g/mol. The number of amides is 3. The van der Waals surface area contributed by atoms with E-state index in [-0.39, 0.29) is 24.2 Å². The third-order valence-electron chi connectivity index (χ3n) is 4.76. The number of hydrogen-bond acceptors (Lipinski definition) is 6. The van der Waals surface area contributed by atoms with Crippen LogP contribution in [-0.4, -0.2) is 71.2 Å². The largest absolute Gasteiger partial charge is 0.480 e. The topological polar surface area (TPSA) is 157 Å². The minimum absolute atomic E-state index is 0.0571. The summed E-state index contributed by atoms with van der Waals surface area (Å²) in [6, 6.07) is -3.69. The first-order valence-electron chi connectivity index (χ1n) is 10.0. The van der Waals surface area contributed by atoms with E-state index in [1.807, 2.05) is 13.8 Å². The average molecular weight is 415 g/mol. The Labute approximate surface area is 171 Å². The van der Waals surface area contributed by atoms with E-state index in [9.17, 15) is 29.4 Å². The maximum absolute atomic E-state index is 12.6. The molecule has 1 aliphatic rings. The number of rotatable bonds is 11. The average Bonchev–Trinajstić information content (AvgIpc) is 3.17.